The zero-order valence-corrected chi connectivity index (χ0v) is 13.0. The van der Waals surface area contributed by atoms with Crippen LogP contribution in [0.3, 0.4) is 0 Å². The maximum atomic E-state index is 12.1. The van der Waals surface area contributed by atoms with Crippen molar-refractivity contribution in [2.75, 3.05) is 6.61 Å². The summed E-state index contributed by atoms with van der Waals surface area (Å²) in [6, 6.07) is 3.18. The highest BCUT2D eigenvalue weighted by atomic mass is 16.5. The number of nitrogens with zero attached hydrogens (tertiary/aromatic N) is 3. The lowest BCUT2D eigenvalue weighted by atomic mass is 10.1. The summed E-state index contributed by atoms with van der Waals surface area (Å²) in [6.07, 6.45) is 9.30. The van der Waals surface area contributed by atoms with Crippen LogP contribution >= 0.6 is 0 Å². The standard InChI is InChI=1S/C17H19N3O2/c1-4-16(17(21)22-5-2)20-12-13(3)6-8-15(20)9-7-14(10-18)11-19/h6-9,12,16H,4-5H2,1-3H3/b15-9+. The first-order valence-corrected chi connectivity index (χ1v) is 7.11. The molecule has 0 aromatic carbocycles. The van der Waals surface area contributed by atoms with Crippen molar-refractivity contribution in [3.8, 4) is 12.1 Å². The van der Waals surface area contributed by atoms with Crippen molar-refractivity contribution in [1.29, 1.82) is 10.5 Å². The highest BCUT2D eigenvalue weighted by Crippen LogP contribution is 2.22. The van der Waals surface area contributed by atoms with Gasteiger partial charge in [-0.2, -0.15) is 10.5 Å². The third kappa shape index (κ3) is 4.36. The fourth-order valence-corrected chi connectivity index (χ4v) is 2.04. The molecule has 0 saturated heterocycles. The predicted molar refractivity (Wildman–Crippen MR) is 82.8 cm³/mol. The molecule has 1 aliphatic rings. The monoisotopic (exact) mass is 297 g/mol. The van der Waals surface area contributed by atoms with Gasteiger partial charge in [-0.1, -0.05) is 13.0 Å². The molecule has 0 aliphatic carbocycles. The van der Waals surface area contributed by atoms with Gasteiger partial charge in [0.2, 0.25) is 0 Å². The van der Waals surface area contributed by atoms with Crippen LogP contribution in [0.25, 0.3) is 0 Å². The molecule has 0 aromatic rings. The Morgan fingerprint density at radius 2 is 2.05 bits per heavy atom. The van der Waals surface area contributed by atoms with Gasteiger partial charge in [0.25, 0.3) is 0 Å². The van der Waals surface area contributed by atoms with Gasteiger partial charge in [-0.25, -0.2) is 4.79 Å². The molecule has 0 aromatic heterocycles. The summed E-state index contributed by atoms with van der Waals surface area (Å²) in [5, 5.41) is 17.6. The minimum absolute atomic E-state index is 0.0105. The molecule has 0 saturated carbocycles. The highest BCUT2D eigenvalue weighted by Gasteiger charge is 2.26. The van der Waals surface area contributed by atoms with Crippen molar-refractivity contribution >= 4 is 5.97 Å². The van der Waals surface area contributed by atoms with Crippen molar-refractivity contribution in [1.82, 2.24) is 4.90 Å². The normalized spacial score (nSPS) is 16.3. The van der Waals surface area contributed by atoms with Crippen LogP contribution in [0.2, 0.25) is 0 Å². The summed E-state index contributed by atoms with van der Waals surface area (Å²) >= 11 is 0. The van der Waals surface area contributed by atoms with Crippen LogP contribution < -0.4 is 0 Å². The Labute approximate surface area is 131 Å². The topological polar surface area (TPSA) is 77.1 Å². The van der Waals surface area contributed by atoms with Crippen LogP contribution in [0.1, 0.15) is 27.2 Å². The first-order valence-electron chi connectivity index (χ1n) is 7.11. The van der Waals surface area contributed by atoms with Crippen LogP contribution in [0.4, 0.5) is 0 Å². The third-order valence-corrected chi connectivity index (χ3v) is 3.10. The van der Waals surface area contributed by atoms with Crippen LogP contribution in [0.5, 0.6) is 0 Å². The number of carbonyl (C=O) groups is 1. The van der Waals surface area contributed by atoms with Gasteiger partial charge in [0.05, 0.1) is 6.61 Å². The van der Waals surface area contributed by atoms with E-state index in [1.165, 1.54) is 6.08 Å². The van der Waals surface area contributed by atoms with Gasteiger partial charge in [-0.15, -0.1) is 0 Å². The van der Waals surface area contributed by atoms with Crippen molar-refractivity contribution in [3.63, 3.8) is 0 Å². The summed E-state index contributed by atoms with van der Waals surface area (Å²) in [5.74, 6) is -0.292. The zero-order chi connectivity index (χ0) is 16.5. The molecule has 22 heavy (non-hydrogen) atoms. The highest BCUT2D eigenvalue weighted by molar-refractivity contribution is 5.76. The largest absolute Gasteiger partial charge is 0.464 e. The van der Waals surface area contributed by atoms with Crippen LogP contribution in [-0.4, -0.2) is 23.5 Å². The van der Waals surface area contributed by atoms with E-state index in [0.717, 1.165) is 11.3 Å². The molecule has 1 heterocycles. The molecule has 0 spiro atoms. The average molecular weight is 297 g/mol. The number of allylic oxidation sites excluding steroid dienone is 6. The number of carbonyl (C=O) groups excluding carboxylic acids is 1. The summed E-state index contributed by atoms with van der Waals surface area (Å²) in [5.41, 5.74) is 1.74. The molecule has 0 N–H and O–H groups in total. The van der Waals surface area contributed by atoms with Crippen LogP contribution in [0.15, 0.2) is 47.3 Å². The number of esters is 1. The van der Waals surface area contributed by atoms with E-state index in [1.807, 2.05) is 37.1 Å². The maximum Gasteiger partial charge on any atom is 0.329 e. The lowest BCUT2D eigenvalue weighted by molar-refractivity contribution is -0.148. The number of ether oxygens (including phenoxy) is 1. The Hall–Kier alpha value is -2.79. The molecule has 0 bridgehead atoms. The van der Waals surface area contributed by atoms with E-state index in [4.69, 9.17) is 15.3 Å². The van der Waals surface area contributed by atoms with Gasteiger partial charge < -0.3 is 9.64 Å². The Bertz CT molecular complexity index is 611. The minimum Gasteiger partial charge on any atom is -0.464 e. The van der Waals surface area contributed by atoms with Gasteiger partial charge in [0.15, 0.2) is 0 Å². The van der Waals surface area contributed by atoms with E-state index in [9.17, 15) is 4.79 Å². The molecular weight excluding hydrogens is 278 g/mol. The van der Waals surface area contributed by atoms with Crippen molar-refractivity contribution in [3.05, 3.63) is 47.3 Å². The number of hydrogen-bond donors (Lipinski definition) is 0. The first kappa shape index (κ1) is 17.3. The number of nitriles is 2. The number of hydrogen-bond acceptors (Lipinski definition) is 5. The van der Waals surface area contributed by atoms with E-state index in [0.29, 0.717) is 13.0 Å². The van der Waals surface area contributed by atoms with E-state index in [1.54, 1.807) is 25.1 Å². The summed E-state index contributed by atoms with van der Waals surface area (Å²) in [7, 11) is 0. The second-order valence-electron chi connectivity index (χ2n) is 4.69. The molecule has 1 unspecified atom stereocenters. The Morgan fingerprint density at radius 1 is 1.36 bits per heavy atom. The second kappa shape index (κ2) is 8.49. The lowest BCUT2D eigenvalue weighted by Gasteiger charge is -2.31. The zero-order valence-electron chi connectivity index (χ0n) is 13.0. The first-order chi connectivity index (χ1) is 10.6. The van der Waals surface area contributed by atoms with Gasteiger partial charge in [0, 0.05) is 11.9 Å². The molecule has 1 atom stereocenters. The van der Waals surface area contributed by atoms with Crippen LogP contribution in [-0.2, 0) is 9.53 Å². The SMILES string of the molecule is CCOC(=O)C(CC)N1C=C(C)C=C/C1=C\C=C(C#N)C#N. The molecule has 0 amide bonds. The van der Waals surface area contributed by atoms with Gasteiger partial charge >= 0.3 is 5.97 Å². The predicted octanol–water partition coefficient (Wildman–Crippen LogP) is 2.96. The van der Waals surface area contributed by atoms with Crippen molar-refractivity contribution < 1.29 is 9.53 Å². The molecule has 0 fully saturated rings. The van der Waals surface area contributed by atoms with Crippen LogP contribution in [0, 0.1) is 22.7 Å². The smallest absolute Gasteiger partial charge is 0.329 e. The second-order valence-corrected chi connectivity index (χ2v) is 4.69. The van der Waals surface area contributed by atoms with E-state index in [2.05, 4.69) is 0 Å². The van der Waals surface area contributed by atoms with Gasteiger partial charge in [-0.05, 0) is 44.1 Å². The molecule has 114 valence electrons. The molecule has 5 heteroatoms. The van der Waals surface area contributed by atoms with E-state index >= 15 is 0 Å². The van der Waals surface area contributed by atoms with E-state index < -0.39 is 6.04 Å². The fourth-order valence-electron chi connectivity index (χ4n) is 2.04. The molecular formula is C17H19N3O2. The maximum absolute atomic E-state index is 12.1. The summed E-state index contributed by atoms with van der Waals surface area (Å²) < 4.78 is 5.12. The van der Waals surface area contributed by atoms with Crippen molar-refractivity contribution in [2.24, 2.45) is 0 Å². The Morgan fingerprint density at radius 3 is 2.59 bits per heavy atom. The third-order valence-electron chi connectivity index (χ3n) is 3.10. The summed E-state index contributed by atoms with van der Waals surface area (Å²) in [6.45, 7) is 5.94. The van der Waals surface area contributed by atoms with Gasteiger partial charge in [0.1, 0.15) is 23.8 Å². The Balaban J connectivity index is 3.16. The average Bonchev–Trinajstić information content (AvgIpc) is 2.51. The van der Waals surface area contributed by atoms with Crippen molar-refractivity contribution in [2.45, 2.75) is 33.2 Å². The fraction of sp³-hybridized carbons (Fsp3) is 0.353. The molecule has 0 radical (unpaired) electrons. The van der Waals surface area contributed by atoms with E-state index in [-0.39, 0.29) is 11.5 Å². The molecule has 1 aliphatic heterocycles. The van der Waals surface area contributed by atoms with Gasteiger partial charge in [-0.3, -0.25) is 0 Å². The minimum atomic E-state index is -0.438. The quantitative estimate of drug-likeness (QED) is 0.576. The Kier molecular flexibility index (Phi) is 6.66. The number of rotatable bonds is 5. The molecule has 1 rings (SSSR count). The molecule has 5 nitrogen and oxygen atoms in total. The summed E-state index contributed by atoms with van der Waals surface area (Å²) in [4.78, 5) is 13.9. The lowest BCUT2D eigenvalue weighted by Crippen LogP contribution is -2.38.